The molecule has 0 spiro atoms. The third-order valence-electron chi connectivity index (χ3n) is 4.44. The minimum Gasteiger partial charge on any atom is -0.355 e. The van der Waals surface area contributed by atoms with E-state index in [2.05, 4.69) is 33.4 Å². The lowest BCUT2D eigenvalue weighted by Gasteiger charge is -2.36. The normalized spacial score (nSPS) is 16.6. The summed E-state index contributed by atoms with van der Waals surface area (Å²) in [5.41, 5.74) is 6.31. The van der Waals surface area contributed by atoms with Crippen LogP contribution in [0.3, 0.4) is 0 Å². The summed E-state index contributed by atoms with van der Waals surface area (Å²) in [5.74, 6) is 0.192. The van der Waals surface area contributed by atoms with Crippen LogP contribution in [0.1, 0.15) is 50.5 Å². The summed E-state index contributed by atoms with van der Waals surface area (Å²) >= 11 is 3.53. The molecule has 1 aliphatic carbocycles. The van der Waals surface area contributed by atoms with Crippen LogP contribution in [0.25, 0.3) is 0 Å². The van der Waals surface area contributed by atoms with E-state index >= 15 is 0 Å². The van der Waals surface area contributed by atoms with Crippen LogP contribution < -0.4 is 11.1 Å². The van der Waals surface area contributed by atoms with Crippen LogP contribution in [-0.2, 0) is 10.2 Å². The summed E-state index contributed by atoms with van der Waals surface area (Å²) < 4.78 is 1.04. The van der Waals surface area contributed by atoms with Crippen LogP contribution in [0.4, 0.5) is 0 Å². The maximum absolute atomic E-state index is 12.8. The van der Waals surface area contributed by atoms with Gasteiger partial charge in [0, 0.05) is 11.0 Å². The first-order chi connectivity index (χ1) is 10.2. The van der Waals surface area contributed by atoms with Gasteiger partial charge in [0.15, 0.2) is 0 Å². The highest BCUT2D eigenvalue weighted by Gasteiger charge is 2.40. The van der Waals surface area contributed by atoms with E-state index in [1.807, 2.05) is 12.1 Å². The molecule has 5 heteroatoms. The van der Waals surface area contributed by atoms with Crippen LogP contribution in [0.15, 0.2) is 28.7 Å². The molecule has 1 aromatic rings. The molecule has 3 nitrogen and oxygen atoms in total. The second-order valence-electron chi connectivity index (χ2n) is 5.90. The first-order valence-corrected chi connectivity index (χ1v) is 8.73. The van der Waals surface area contributed by atoms with E-state index in [-0.39, 0.29) is 23.7 Å². The fraction of sp³-hybridized carbons (Fsp3) is 0.588. The predicted octanol–water partition coefficient (Wildman–Crippen LogP) is 3.93. The Balaban J connectivity index is 0.00000242. The Morgan fingerprint density at radius 3 is 2.59 bits per heavy atom. The van der Waals surface area contributed by atoms with Crippen LogP contribution in [0.5, 0.6) is 0 Å². The van der Waals surface area contributed by atoms with E-state index in [1.165, 1.54) is 6.42 Å². The topological polar surface area (TPSA) is 55.1 Å². The molecule has 1 aromatic carbocycles. The Morgan fingerprint density at radius 1 is 1.23 bits per heavy atom. The van der Waals surface area contributed by atoms with Gasteiger partial charge in [-0.3, -0.25) is 4.79 Å². The molecule has 1 saturated carbocycles. The van der Waals surface area contributed by atoms with Gasteiger partial charge in [-0.2, -0.15) is 0 Å². The summed E-state index contributed by atoms with van der Waals surface area (Å²) in [7, 11) is 0. The zero-order chi connectivity index (χ0) is 15.1. The summed E-state index contributed by atoms with van der Waals surface area (Å²) in [6.07, 6.45) is 7.31. The molecule has 0 bridgehead atoms. The summed E-state index contributed by atoms with van der Waals surface area (Å²) in [6, 6.07) is 8.23. The van der Waals surface area contributed by atoms with Crippen molar-refractivity contribution in [3.05, 3.63) is 34.3 Å². The highest BCUT2D eigenvalue weighted by atomic mass is 79.9. The van der Waals surface area contributed by atoms with Crippen molar-refractivity contribution in [3.63, 3.8) is 0 Å². The van der Waals surface area contributed by atoms with Crippen molar-refractivity contribution in [1.82, 2.24) is 5.32 Å². The number of nitrogens with two attached hydrogens (primary N) is 1. The highest BCUT2D eigenvalue weighted by Crippen LogP contribution is 2.40. The zero-order valence-corrected chi connectivity index (χ0v) is 15.3. The van der Waals surface area contributed by atoms with Crippen LogP contribution in [0.2, 0.25) is 0 Å². The molecular formula is C17H26BrClN2O. The van der Waals surface area contributed by atoms with E-state index in [4.69, 9.17) is 5.73 Å². The minimum atomic E-state index is -0.343. The molecule has 1 amide bonds. The number of amides is 1. The number of benzene rings is 1. The van der Waals surface area contributed by atoms with E-state index in [0.29, 0.717) is 6.54 Å². The molecule has 2 rings (SSSR count). The molecule has 3 N–H and O–H groups in total. The number of carbonyl (C=O) groups is 1. The van der Waals surface area contributed by atoms with E-state index in [1.54, 1.807) is 0 Å². The smallest absolute Gasteiger partial charge is 0.230 e. The second kappa shape index (κ2) is 9.53. The number of hydrogen-bond donors (Lipinski definition) is 2. The largest absolute Gasteiger partial charge is 0.355 e. The van der Waals surface area contributed by atoms with Crippen molar-refractivity contribution in [2.45, 2.75) is 50.4 Å². The molecule has 0 aromatic heterocycles. The molecule has 22 heavy (non-hydrogen) atoms. The Kier molecular flexibility index (Phi) is 8.44. The lowest BCUT2D eigenvalue weighted by molar-refractivity contribution is -0.128. The third-order valence-corrected chi connectivity index (χ3v) is 4.93. The lowest BCUT2D eigenvalue weighted by Crippen LogP contribution is -2.46. The summed E-state index contributed by atoms with van der Waals surface area (Å²) in [4.78, 5) is 12.8. The van der Waals surface area contributed by atoms with Gasteiger partial charge in [0.1, 0.15) is 0 Å². The maximum Gasteiger partial charge on any atom is 0.230 e. The standard InChI is InChI=1S/C17H25BrN2O.ClH/c18-15-8-6-7-14(13-15)17(9-2-1-3-10-17)16(21)20-12-5-4-11-19;/h6-8,13H,1-5,9-12,19H2,(H,20,21);1H. The predicted molar refractivity (Wildman–Crippen MR) is 97.5 cm³/mol. The number of nitrogens with one attached hydrogen (secondary N) is 1. The van der Waals surface area contributed by atoms with Gasteiger partial charge >= 0.3 is 0 Å². The molecule has 0 atom stereocenters. The maximum atomic E-state index is 12.8. The van der Waals surface area contributed by atoms with Gasteiger partial charge in [-0.15, -0.1) is 12.4 Å². The molecule has 1 fully saturated rings. The number of unbranched alkanes of at least 4 members (excludes halogenated alkanes) is 1. The van der Waals surface area contributed by atoms with Crippen LogP contribution >= 0.6 is 28.3 Å². The SMILES string of the molecule is Cl.NCCCCNC(=O)C1(c2cccc(Br)c2)CCCCC1. The molecule has 1 aliphatic rings. The molecule has 0 saturated heterocycles. The number of halogens is 2. The molecule has 0 heterocycles. The minimum absolute atomic E-state index is 0. The summed E-state index contributed by atoms with van der Waals surface area (Å²) in [6.45, 7) is 1.42. The molecule has 0 aliphatic heterocycles. The second-order valence-corrected chi connectivity index (χ2v) is 6.82. The zero-order valence-electron chi connectivity index (χ0n) is 12.9. The van der Waals surface area contributed by atoms with Crippen molar-refractivity contribution in [2.75, 3.05) is 13.1 Å². The van der Waals surface area contributed by atoms with Crippen molar-refractivity contribution in [3.8, 4) is 0 Å². The quantitative estimate of drug-likeness (QED) is 0.724. The van der Waals surface area contributed by atoms with Crippen LogP contribution in [-0.4, -0.2) is 19.0 Å². The van der Waals surface area contributed by atoms with Crippen LogP contribution in [0, 0.1) is 0 Å². The van der Waals surface area contributed by atoms with Gasteiger partial charge in [-0.25, -0.2) is 0 Å². The van der Waals surface area contributed by atoms with E-state index in [9.17, 15) is 4.79 Å². The highest BCUT2D eigenvalue weighted by molar-refractivity contribution is 9.10. The lowest BCUT2D eigenvalue weighted by atomic mass is 9.68. The van der Waals surface area contributed by atoms with Crippen molar-refractivity contribution in [2.24, 2.45) is 5.73 Å². The van der Waals surface area contributed by atoms with Gasteiger partial charge in [-0.1, -0.05) is 47.3 Å². The van der Waals surface area contributed by atoms with E-state index < -0.39 is 0 Å². The average Bonchev–Trinajstić information content (AvgIpc) is 2.52. The van der Waals surface area contributed by atoms with Crippen molar-refractivity contribution in [1.29, 1.82) is 0 Å². The number of hydrogen-bond acceptors (Lipinski definition) is 2. The number of rotatable bonds is 6. The Morgan fingerprint density at radius 2 is 1.95 bits per heavy atom. The third kappa shape index (κ3) is 4.71. The fourth-order valence-corrected chi connectivity index (χ4v) is 3.63. The fourth-order valence-electron chi connectivity index (χ4n) is 3.23. The van der Waals surface area contributed by atoms with Gasteiger partial charge in [0.2, 0.25) is 5.91 Å². The van der Waals surface area contributed by atoms with Gasteiger partial charge in [-0.05, 0) is 49.9 Å². The van der Waals surface area contributed by atoms with Crippen molar-refractivity contribution >= 4 is 34.2 Å². The first-order valence-electron chi connectivity index (χ1n) is 7.93. The van der Waals surface area contributed by atoms with Gasteiger partial charge in [0.25, 0.3) is 0 Å². The Hall–Kier alpha value is -0.580. The van der Waals surface area contributed by atoms with Gasteiger partial charge in [0.05, 0.1) is 5.41 Å². The number of carbonyl (C=O) groups excluding carboxylic acids is 1. The first kappa shape index (κ1) is 19.5. The Labute approximate surface area is 148 Å². The molecular weight excluding hydrogens is 364 g/mol. The van der Waals surface area contributed by atoms with E-state index in [0.717, 1.165) is 55.1 Å². The Bertz CT molecular complexity index is 475. The monoisotopic (exact) mass is 388 g/mol. The molecule has 0 radical (unpaired) electrons. The summed E-state index contributed by atoms with van der Waals surface area (Å²) in [5, 5.41) is 3.14. The van der Waals surface area contributed by atoms with Gasteiger partial charge < -0.3 is 11.1 Å². The van der Waals surface area contributed by atoms with Crippen molar-refractivity contribution < 1.29 is 4.79 Å². The molecule has 124 valence electrons. The molecule has 0 unspecified atom stereocenters. The average molecular weight is 390 g/mol.